The van der Waals surface area contributed by atoms with Crippen LogP contribution in [0.5, 0.6) is 0 Å². The lowest BCUT2D eigenvalue weighted by Gasteiger charge is -2.35. The molecule has 0 radical (unpaired) electrons. The first kappa shape index (κ1) is 20.3. The van der Waals surface area contributed by atoms with Crippen molar-refractivity contribution in [3.63, 3.8) is 0 Å². The molecule has 1 saturated heterocycles. The van der Waals surface area contributed by atoms with Gasteiger partial charge >= 0.3 is 0 Å². The minimum absolute atomic E-state index is 0.0858. The minimum atomic E-state index is -0.319. The zero-order chi connectivity index (χ0) is 21.1. The van der Waals surface area contributed by atoms with Crippen LogP contribution in [0.15, 0.2) is 65.3 Å². The standard InChI is InChI=1S/C22H19Cl2N3O3/c23-18-4-1-3-17(20(18)24)21(28)25-15-6-8-16(9-7-15)26-10-12-27(13-11-26)22(29)19-5-2-14-30-19/h1-9,14H,10-13H2,(H,25,28). The van der Waals surface area contributed by atoms with Crippen molar-refractivity contribution >= 4 is 46.4 Å². The van der Waals surface area contributed by atoms with Crippen LogP contribution in [0.25, 0.3) is 0 Å². The molecule has 1 N–H and O–H groups in total. The summed E-state index contributed by atoms with van der Waals surface area (Å²) < 4.78 is 5.20. The molecule has 3 aromatic rings. The molecule has 0 spiro atoms. The number of benzene rings is 2. The first-order chi connectivity index (χ1) is 14.5. The molecule has 0 bridgehead atoms. The molecule has 1 aliphatic heterocycles. The van der Waals surface area contributed by atoms with Crippen LogP contribution in [0, 0.1) is 0 Å². The number of furan rings is 1. The number of anilines is 2. The van der Waals surface area contributed by atoms with Gasteiger partial charge in [-0.05, 0) is 48.5 Å². The van der Waals surface area contributed by atoms with Crippen LogP contribution in [0.3, 0.4) is 0 Å². The van der Waals surface area contributed by atoms with Gasteiger partial charge in [0.15, 0.2) is 5.76 Å². The van der Waals surface area contributed by atoms with Gasteiger partial charge in [0.1, 0.15) is 0 Å². The summed E-state index contributed by atoms with van der Waals surface area (Å²) in [6, 6.07) is 15.9. The van der Waals surface area contributed by atoms with E-state index in [9.17, 15) is 9.59 Å². The third-order valence-electron chi connectivity index (χ3n) is 4.99. The smallest absolute Gasteiger partial charge is 0.289 e. The molecule has 6 nitrogen and oxygen atoms in total. The zero-order valence-electron chi connectivity index (χ0n) is 16.0. The van der Waals surface area contributed by atoms with E-state index in [-0.39, 0.29) is 16.8 Å². The maximum atomic E-state index is 12.5. The summed E-state index contributed by atoms with van der Waals surface area (Å²) in [5, 5.41) is 3.40. The van der Waals surface area contributed by atoms with Crippen LogP contribution >= 0.6 is 23.2 Å². The fourth-order valence-electron chi connectivity index (χ4n) is 3.36. The second kappa shape index (κ2) is 8.81. The lowest BCUT2D eigenvalue weighted by molar-refractivity contribution is 0.0714. The molecule has 0 aliphatic carbocycles. The molecular formula is C22H19Cl2N3O3. The molecule has 2 amide bonds. The van der Waals surface area contributed by atoms with Crippen LogP contribution in [-0.4, -0.2) is 42.9 Å². The monoisotopic (exact) mass is 443 g/mol. The van der Waals surface area contributed by atoms with E-state index in [1.54, 1.807) is 35.2 Å². The van der Waals surface area contributed by atoms with Crippen molar-refractivity contribution in [2.75, 3.05) is 36.4 Å². The first-order valence-electron chi connectivity index (χ1n) is 9.46. The molecule has 0 atom stereocenters. The Balaban J connectivity index is 1.35. The Bertz CT molecular complexity index is 1040. The van der Waals surface area contributed by atoms with Gasteiger partial charge in [0.2, 0.25) is 0 Å². The Morgan fingerprint density at radius 3 is 2.30 bits per heavy atom. The van der Waals surface area contributed by atoms with Crippen molar-refractivity contribution in [1.82, 2.24) is 4.90 Å². The van der Waals surface area contributed by atoms with Crippen molar-refractivity contribution < 1.29 is 14.0 Å². The van der Waals surface area contributed by atoms with Crippen LogP contribution in [0.4, 0.5) is 11.4 Å². The average Bonchev–Trinajstić information content (AvgIpc) is 3.31. The molecule has 2 heterocycles. The van der Waals surface area contributed by atoms with Crippen LogP contribution in [-0.2, 0) is 0 Å². The number of hydrogen-bond acceptors (Lipinski definition) is 4. The van der Waals surface area contributed by atoms with Gasteiger partial charge in [-0.2, -0.15) is 0 Å². The lowest BCUT2D eigenvalue weighted by Crippen LogP contribution is -2.48. The molecule has 1 aromatic heterocycles. The van der Waals surface area contributed by atoms with Gasteiger partial charge in [-0.1, -0.05) is 29.3 Å². The molecule has 154 valence electrons. The summed E-state index contributed by atoms with van der Waals surface area (Å²) in [5.74, 6) is -0.0407. The molecule has 0 unspecified atom stereocenters. The van der Waals surface area contributed by atoms with Gasteiger partial charge in [0.05, 0.1) is 21.9 Å². The SMILES string of the molecule is O=C(Nc1ccc(N2CCN(C(=O)c3ccco3)CC2)cc1)c1cccc(Cl)c1Cl. The van der Waals surface area contributed by atoms with E-state index < -0.39 is 0 Å². The Hall–Kier alpha value is -2.96. The largest absolute Gasteiger partial charge is 0.459 e. The van der Waals surface area contributed by atoms with E-state index in [2.05, 4.69) is 10.2 Å². The fraction of sp³-hybridized carbons (Fsp3) is 0.182. The summed E-state index contributed by atoms with van der Waals surface area (Å²) in [7, 11) is 0. The van der Waals surface area contributed by atoms with Crippen LogP contribution in [0.2, 0.25) is 10.0 Å². The van der Waals surface area contributed by atoms with Gasteiger partial charge in [-0.15, -0.1) is 0 Å². The van der Waals surface area contributed by atoms with Crippen molar-refractivity contribution in [2.45, 2.75) is 0 Å². The number of carbonyl (C=O) groups is 2. The highest BCUT2D eigenvalue weighted by Crippen LogP contribution is 2.27. The van der Waals surface area contributed by atoms with E-state index in [0.717, 1.165) is 18.8 Å². The van der Waals surface area contributed by atoms with Crippen LogP contribution in [0.1, 0.15) is 20.9 Å². The number of amides is 2. The summed E-state index contributed by atoms with van der Waals surface area (Å²) in [6.07, 6.45) is 1.50. The number of piperazine rings is 1. The third kappa shape index (κ3) is 4.30. The zero-order valence-corrected chi connectivity index (χ0v) is 17.5. The van der Waals surface area contributed by atoms with E-state index in [1.165, 1.54) is 6.26 Å². The Morgan fingerprint density at radius 2 is 1.63 bits per heavy atom. The van der Waals surface area contributed by atoms with Gasteiger partial charge in [0, 0.05) is 37.6 Å². The van der Waals surface area contributed by atoms with Gasteiger partial charge in [-0.25, -0.2) is 0 Å². The molecular weight excluding hydrogens is 425 g/mol. The van der Waals surface area contributed by atoms with Crippen LogP contribution < -0.4 is 10.2 Å². The minimum Gasteiger partial charge on any atom is -0.459 e. The number of nitrogens with one attached hydrogen (secondary N) is 1. The van der Waals surface area contributed by atoms with Gasteiger partial charge < -0.3 is 19.5 Å². The fourth-order valence-corrected chi connectivity index (χ4v) is 3.74. The van der Waals surface area contributed by atoms with Crippen molar-refractivity contribution in [1.29, 1.82) is 0 Å². The molecule has 1 fully saturated rings. The number of halogens is 2. The Morgan fingerprint density at radius 1 is 0.900 bits per heavy atom. The summed E-state index contributed by atoms with van der Waals surface area (Å²) in [4.78, 5) is 28.8. The maximum absolute atomic E-state index is 12.5. The lowest BCUT2D eigenvalue weighted by atomic mass is 10.2. The van der Waals surface area contributed by atoms with E-state index in [1.807, 2.05) is 24.3 Å². The van der Waals surface area contributed by atoms with Gasteiger partial charge in [-0.3, -0.25) is 9.59 Å². The summed E-state index contributed by atoms with van der Waals surface area (Å²) >= 11 is 12.1. The molecule has 0 saturated carbocycles. The highest BCUT2D eigenvalue weighted by atomic mass is 35.5. The summed E-state index contributed by atoms with van der Waals surface area (Å²) in [5.41, 5.74) is 2.01. The molecule has 2 aromatic carbocycles. The Labute approximate surface area is 184 Å². The van der Waals surface area contributed by atoms with Gasteiger partial charge in [0.25, 0.3) is 11.8 Å². The highest BCUT2D eigenvalue weighted by Gasteiger charge is 2.23. The molecule has 8 heteroatoms. The molecule has 4 rings (SSSR count). The van der Waals surface area contributed by atoms with E-state index >= 15 is 0 Å². The van der Waals surface area contributed by atoms with Crippen molar-refractivity contribution in [3.05, 3.63) is 82.2 Å². The Kier molecular flexibility index (Phi) is 5.97. The number of hydrogen-bond donors (Lipinski definition) is 1. The predicted octanol–water partition coefficient (Wildman–Crippen LogP) is 4.80. The highest BCUT2D eigenvalue weighted by molar-refractivity contribution is 6.44. The molecule has 30 heavy (non-hydrogen) atoms. The van der Waals surface area contributed by atoms with Crippen molar-refractivity contribution in [3.8, 4) is 0 Å². The number of carbonyl (C=O) groups excluding carboxylic acids is 2. The number of nitrogens with zero attached hydrogens (tertiary/aromatic N) is 2. The maximum Gasteiger partial charge on any atom is 0.289 e. The quantitative estimate of drug-likeness (QED) is 0.628. The predicted molar refractivity (Wildman–Crippen MR) is 118 cm³/mol. The normalized spacial score (nSPS) is 13.9. The first-order valence-corrected chi connectivity index (χ1v) is 10.2. The van der Waals surface area contributed by atoms with E-state index in [4.69, 9.17) is 27.6 Å². The topological polar surface area (TPSA) is 65.8 Å². The number of rotatable bonds is 4. The van der Waals surface area contributed by atoms with E-state index in [0.29, 0.717) is 35.1 Å². The average molecular weight is 444 g/mol. The van der Waals surface area contributed by atoms with Crippen molar-refractivity contribution in [2.24, 2.45) is 0 Å². The third-order valence-corrected chi connectivity index (χ3v) is 5.80. The second-order valence-corrected chi connectivity index (χ2v) is 7.64. The summed E-state index contributed by atoms with van der Waals surface area (Å²) in [6.45, 7) is 2.67. The molecule has 1 aliphatic rings. The second-order valence-electron chi connectivity index (χ2n) is 6.86.